The molecular formula is C37H44O24. The third-order valence-electron chi connectivity index (χ3n) is 10.2. The smallest absolute Gasteiger partial charge is 0.333 e. The molecule has 0 saturated carbocycles. The van der Waals surface area contributed by atoms with Crippen LogP contribution >= 0.6 is 0 Å². The minimum absolute atomic E-state index is 0.0538. The van der Waals surface area contributed by atoms with Crippen LogP contribution in [0.2, 0.25) is 0 Å². The zero-order chi connectivity index (χ0) is 44.6. The summed E-state index contributed by atoms with van der Waals surface area (Å²) in [5.74, 6) is -5.67. The van der Waals surface area contributed by atoms with Gasteiger partial charge in [-0.15, -0.1) is 0 Å². The number of rotatable bonds is 13. The van der Waals surface area contributed by atoms with Crippen molar-refractivity contribution in [2.45, 2.75) is 112 Å². The molecule has 3 aliphatic heterocycles. The van der Waals surface area contributed by atoms with Gasteiger partial charge in [-0.1, -0.05) is 0 Å². The Morgan fingerprint density at radius 2 is 1.33 bits per heavy atom. The summed E-state index contributed by atoms with van der Waals surface area (Å²) < 4.78 is 45.1. The number of phenols is 3. The van der Waals surface area contributed by atoms with E-state index in [1.165, 1.54) is 31.2 Å². The average Bonchev–Trinajstić information content (AvgIpc) is 3.21. The fourth-order valence-electron chi connectivity index (χ4n) is 6.72. The van der Waals surface area contributed by atoms with Crippen LogP contribution in [0.25, 0.3) is 22.3 Å². The van der Waals surface area contributed by atoms with E-state index in [1.54, 1.807) is 0 Å². The molecule has 0 radical (unpaired) electrons. The second-order valence-corrected chi connectivity index (χ2v) is 14.5. The van der Waals surface area contributed by atoms with Crippen molar-refractivity contribution in [3.05, 3.63) is 46.6 Å². The van der Waals surface area contributed by atoms with E-state index < -0.39 is 164 Å². The van der Waals surface area contributed by atoms with Gasteiger partial charge in [0.25, 0.3) is 0 Å². The highest BCUT2D eigenvalue weighted by atomic mass is 16.8. The summed E-state index contributed by atoms with van der Waals surface area (Å²) in [6.45, 7) is -0.307. The third-order valence-corrected chi connectivity index (χ3v) is 10.2. The fourth-order valence-corrected chi connectivity index (χ4v) is 6.72. The maximum atomic E-state index is 14.2. The van der Waals surface area contributed by atoms with Gasteiger partial charge in [-0.3, -0.25) is 9.59 Å². The summed E-state index contributed by atoms with van der Waals surface area (Å²) in [5, 5.41) is 134. The van der Waals surface area contributed by atoms with Crippen LogP contribution in [0.15, 0.2) is 45.6 Å². The van der Waals surface area contributed by atoms with Crippen molar-refractivity contribution in [2.75, 3.05) is 13.2 Å². The summed E-state index contributed by atoms with van der Waals surface area (Å²) in [4.78, 5) is 37.2. The van der Waals surface area contributed by atoms with Crippen LogP contribution in [-0.4, -0.2) is 190 Å². The van der Waals surface area contributed by atoms with E-state index in [1.807, 2.05) is 0 Å². The van der Waals surface area contributed by atoms with Crippen LogP contribution < -0.4 is 10.2 Å². The summed E-state index contributed by atoms with van der Waals surface area (Å²) >= 11 is 0. The van der Waals surface area contributed by atoms with Crippen molar-refractivity contribution in [3.63, 3.8) is 0 Å². The Hall–Kier alpha value is -4.77. The molecule has 0 amide bonds. The third kappa shape index (κ3) is 9.67. The fraction of sp³-hybridized carbons (Fsp3) is 0.541. The monoisotopic (exact) mass is 872 g/mol. The van der Waals surface area contributed by atoms with E-state index in [9.17, 15) is 75.7 Å². The molecule has 24 heteroatoms. The van der Waals surface area contributed by atoms with E-state index in [0.29, 0.717) is 0 Å². The molecule has 61 heavy (non-hydrogen) atoms. The molecule has 0 unspecified atom stereocenters. The molecule has 2 aromatic carbocycles. The minimum Gasteiger partial charge on any atom is -0.508 e. The first-order valence-corrected chi connectivity index (χ1v) is 18.5. The first-order chi connectivity index (χ1) is 28.8. The van der Waals surface area contributed by atoms with Gasteiger partial charge in [0, 0.05) is 17.7 Å². The standard InChI is InChI=1S/C37H44O24/c1-11-22(43)26(47)29(50)35(56-11)55-10-19-24(45)28(49)33(61-36-30(51)27(48)23(44)18(58-36)9-54-20(42)8-16(41)34(52)53)37(59-19)60-32-25(46)21-15(40)6-14(39)7-17(21)57-31(32)12-2-4-13(38)5-3-12/h2-7,11,16,18-19,22-24,26-30,33,35-41,43-45,47-51H,8-10H2,1H3,(H,52,53)/t11-,16+,18-,19-,22-,23-,24-,26+,27+,28+,29+,30-,33-,35+,36+,37+/m0/s1. The number of aliphatic carboxylic acids is 1. The van der Waals surface area contributed by atoms with Gasteiger partial charge >= 0.3 is 11.9 Å². The zero-order valence-electron chi connectivity index (χ0n) is 31.6. The second-order valence-electron chi connectivity index (χ2n) is 14.5. The average molecular weight is 873 g/mol. The van der Waals surface area contributed by atoms with Gasteiger partial charge in [0.2, 0.25) is 17.5 Å². The number of phenolic OH excluding ortho intramolecular Hbond substituents is 3. The first kappa shape index (κ1) is 45.7. The lowest BCUT2D eigenvalue weighted by atomic mass is 9.97. The Bertz CT molecular complexity index is 2080. The molecule has 0 bridgehead atoms. The van der Waals surface area contributed by atoms with Crippen LogP contribution in [0.3, 0.4) is 0 Å². The van der Waals surface area contributed by atoms with E-state index in [-0.39, 0.29) is 16.9 Å². The number of ether oxygens (including phenoxy) is 7. The van der Waals surface area contributed by atoms with Crippen LogP contribution in [0, 0.1) is 0 Å². The number of aliphatic hydroxyl groups is 9. The Morgan fingerprint density at radius 3 is 2.00 bits per heavy atom. The number of aliphatic hydroxyl groups excluding tert-OH is 9. The number of carbonyl (C=O) groups is 2. The topological polar surface area (TPSA) is 392 Å². The SMILES string of the molecule is C[C@@H]1O[C@@H](OC[C@@H]2O[C@H](Oc3c(-c4ccc(O)cc4)oc4cc(O)cc(O)c4c3=O)[C@@H](O[C@H]3O[C@@H](COC(=O)C[C@@H](O)C(=O)O)[C@H](O)[C@@H](O)[C@@H]3O)[C@H](O)[C@H]2O)[C@H](O)[C@H](O)[C@H]1O. The number of carboxylic acid groups (broad SMARTS) is 1. The number of carboxylic acids is 1. The molecule has 4 heterocycles. The lowest BCUT2D eigenvalue weighted by molar-refractivity contribution is -0.362. The molecule has 3 aromatic rings. The molecule has 16 atom stereocenters. The lowest BCUT2D eigenvalue weighted by Gasteiger charge is -2.46. The van der Waals surface area contributed by atoms with Crippen molar-refractivity contribution >= 4 is 22.9 Å². The lowest BCUT2D eigenvalue weighted by Crippen LogP contribution is -2.65. The number of hydrogen-bond acceptors (Lipinski definition) is 23. The van der Waals surface area contributed by atoms with Crippen molar-refractivity contribution in [2.24, 2.45) is 0 Å². The van der Waals surface area contributed by atoms with Crippen LogP contribution in [0.5, 0.6) is 23.0 Å². The quantitative estimate of drug-likeness (QED) is 0.0724. The van der Waals surface area contributed by atoms with E-state index in [2.05, 4.69) is 0 Å². The van der Waals surface area contributed by atoms with Gasteiger partial charge in [0.1, 0.15) is 95.9 Å². The summed E-state index contributed by atoms with van der Waals surface area (Å²) in [6.07, 6.45) is -31.1. The maximum absolute atomic E-state index is 14.2. The Morgan fingerprint density at radius 1 is 0.721 bits per heavy atom. The number of esters is 1. The van der Waals surface area contributed by atoms with Crippen LogP contribution in [0.1, 0.15) is 13.3 Å². The van der Waals surface area contributed by atoms with Gasteiger partial charge in [-0.05, 0) is 31.2 Å². The number of benzene rings is 2. The van der Waals surface area contributed by atoms with Gasteiger partial charge in [0.05, 0.1) is 19.1 Å². The molecule has 24 nitrogen and oxygen atoms in total. The normalized spacial score (nSPS) is 34.8. The Kier molecular flexibility index (Phi) is 14.0. The molecule has 3 aliphatic rings. The molecule has 3 saturated heterocycles. The molecule has 0 spiro atoms. The van der Waals surface area contributed by atoms with E-state index in [4.69, 9.17) is 42.7 Å². The minimum atomic E-state index is -2.18. The number of hydrogen-bond donors (Lipinski definition) is 13. The largest absolute Gasteiger partial charge is 0.508 e. The highest BCUT2D eigenvalue weighted by Gasteiger charge is 2.53. The molecule has 1 aromatic heterocycles. The molecule has 336 valence electrons. The highest BCUT2D eigenvalue weighted by molar-refractivity contribution is 5.88. The predicted octanol–water partition coefficient (Wildman–Crippen LogP) is -4.18. The molecular weight excluding hydrogens is 828 g/mol. The van der Waals surface area contributed by atoms with Crippen molar-refractivity contribution in [1.29, 1.82) is 0 Å². The zero-order valence-corrected chi connectivity index (χ0v) is 31.6. The summed E-state index contributed by atoms with van der Waals surface area (Å²) in [6, 6.07) is 6.82. The maximum Gasteiger partial charge on any atom is 0.333 e. The molecule has 3 fully saturated rings. The van der Waals surface area contributed by atoms with Gasteiger partial charge in [-0.2, -0.15) is 0 Å². The molecule has 0 aliphatic carbocycles. The molecule has 13 N–H and O–H groups in total. The van der Waals surface area contributed by atoms with Gasteiger partial charge < -0.3 is 104 Å². The van der Waals surface area contributed by atoms with Gasteiger partial charge in [-0.25, -0.2) is 4.79 Å². The number of carbonyl (C=O) groups excluding carboxylic acids is 1. The van der Waals surface area contributed by atoms with Crippen LogP contribution in [0.4, 0.5) is 0 Å². The Balaban J connectivity index is 1.35. The first-order valence-electron chi connectivity index (χ1n) is 18.5. The second kappa shape index (κ2) is 18.7. The predicted molar refractivity (Wildman–Crippen MR) is 193 cm³/mol. The van der Waals surface area contributed by atoms with Crippen molar-refractivity contribution in [1.82, 2.24) is 0 Å². The number of fused-ring (bicyclic) bond motifs is 1. The Labute approximate surface area is 342 Å². The summed E-state index contributed by atoms with van der Waals surface area (Å²) in [7, 11) is 0. The van der Waals surface area contributed by atoms with E-state index in [0.717, 1.165) is 12.1 Å². The molecule has 6 rings (SSSR count). The summed E-state index contributed by atoms with van der Waals surface area (Å²) in [5.41, 5.74) is -1.40. The van der Waals surface area contributed by atoms with Crippen molar-refractivity contribution < 1.29 is 114 Å². The van der Waals surface area contributed by atoms with Crippen LogP contribution in [-0.2, 0) is 38.0 Å². The number of aromatic hydroxyl groups is 3. The van der Waals surface area contributed by atoms with E-state index >= 15 is 0 Å². The highest BCUT2D eigenvalue weighted by Crippen LogP contribution is 2.39. The van der Waals surface area contributed by atoms with Gasteiger partial charge in [0.15, 0.2) is 30.5 Å². The van der Waals surface area contributed by atoms with Crippen molar-refractivity contribution in [3.8, 4) is 34.3 Å².